The van der Waals surface area contributed by atoms with Gasteiger partial charge in [-0.15, -0.1) is 0 Å². The molecule has 3 rings (SSSR count). The molecule has 0 unspecified atom stereocenters. The van der Waals surface area contributed by atoms with E-state index in [4.69, 9.17) is 18.9 Å². The lowest BCUT2D eigenvalue weighted by Gasteiger charge is -2.08. The Labute approximate surface area is 184 Å². The molecule has 3 aromatic rings. The van der Waals surface area contributed by atoms with Crippen LogP contribution in [0.5, 0.6) is 11.5 Å². The molecule has 0 saturated carbocycles. The second-order valence-corrected chi connectivity index (χ2v) is 6.44. The van der Waals surface area contributed by atoms with Crippen molar-refractivity contribution in [2.75, 3.05) is 13.9 Å². The average molecular weight is 432 g/mol. The number of methoxy groups -OCH3 is 1. The topological polar surface area (TPSA) is 88.1 Å². The summed E-state index contributed by atoms with van der Waals surface area (Å²) >= 11 is 0. The molecule has 0 amide bonds. The van der Waals surface area contributed by atoms with Gasteiger partial charge in [0.2, 0.25) is 6.79 Å². The maximum absolute atomic E-state index is 12.4. The van der Waals surface area contributed by atoms with E-state index in [-0.39, 0.29) is 6.79 Å². The van der Waals surface area contributed by atoms with Gasteiger partial charge in [-0.1, -0.05) is 30.8 Å². The highest BCUT2D eigenvalue weighted by Gasteiger charge is 2.10. The lowest BCUT2D eigenvalue weighted by atomic mass is 10.0. The van der Waals surface area contributed by atoms with Crippen molar-refractivity contribution in [3.63, 3.8) is 0 Å². The second-order valence-electron chi connectivity index (χ2n) is 6.44. The SMILES string of the molecule is C=CC(=O)OCOc1ccc(C(=O)Oc2ccc(-c3ccc(C(=O)OC)cc3)cc2)cc1. The van der Waals surface area contributed by atoms with Gasteiger partial charge in [-0.05, 0) is 59.7 Å². The van der Waals surface area contributed by atoms with Crippen LogP contribution < -0.4 is 9.47 Å². The first-order valence-corrected chi connectivity index (χ1v) is 9.53. The van der Waals surface area contributed by atoms with Gasteiger partial charge in [0, 0.05) is 6.08 Å². The molecular weight excluding hydrogens is 412 g/mol. The van der Waals surface area contributed by atoms with Crippen LogP contribution in [-0.4, -0.2) is 31.8 Å². The molecule has 0 aliphatic rings. The Bertz CT molecular complexity index is 1100. The normalized spacial score (nSPS) is 10.0. The summed E-state index contributed by atoms with van der Waals surface area (Å²) in [6.45, 7) is 3.03. The molecule has 0 heterocycles. The molecular formula is C25H20O7. The summed E-state index contributed by atoms with van der Waals surface area (Å²) in [5.41, 5.74) is 2.61. The monoisotopic (exact) mass is 432 g/mol. The second kappa shape index (κ2) is 10.6. The number of esters is 3. The quantitative estimate of drug-likeness (QED) is 0.225. The van der Waals surface area contributed by atoms with Crippen molar-refractivity contribution < 1.29 is 33.3 Å². The number of rotatable bonds is 8. The molecule has 0 bridgehead atoms. The molecule has 0 spiro atoms. The van der Waals surface area contributed by atoms with Crippen molar-refractivity contribution in [2.45, 2.75) is 0 Å². The summed E-state index contributed by atoms with van der Waals surface area (Å²) < 4.78 is 20.1. The molecule has 0 atom stereocenters. The fourth-order valence-electron chi connectivity index (χ4n) is 2.70. The molecule has 0 aliphatic carbocycles. The van der Waals surface area contributed by atoms with Gasteiger partial charge in [-0.25, -0.2) is 14.4 Å². The first-order chi connectivity index (χ1) is 15.5. The van der Waals surface area contributed by atoms with E-state index < -0.39 is 17.9 Å². The minimum absolute atomic E-state index is 0.258. The number of hydrogen-bond donors (Lipinski definition) is 0. The summed E-state index contributed by atoms with van der Waals surface area (Å²) in [7, 11) is 1.34. The highest BCUT2D eigenvalue weighted by Crippen LogP contribution is 2.24. The van der Waals surface area contributed by atoms with Crippen LogP contribution in [0, 0.1) is 0 Å². The van der Waals surface area contributed by atoms with Crippen molar-refractivity contribution in [1.82, 2.24) is 0 Å². The first-order valence-electron chi connectivity index (χ1n) is 9.53. The minimum atomic E-state index is -0.588. The Morgan fingerprint density at radius 3 is 1.81 bits per heavy atom. The summed E-state index contributed by atoms with van der Waals surface area (Å²) in [4.78, 5) is 34.9. The highest BCUT2D eigenvalue weighted by molar-refractivity contribution is 5.91. The zero-order chi connectivity index (χ0) is 22.9. The fourth-order valence-corrected chi connectivity index (χ4v) is 2.70. The lowest BCUT2D eigenvalue weighted by molar-refractivity contribution is -0.144. The Morgan fingerprint density at radius 1 is 0.750 bits per heavy atom. The number of carbonyl (C=O) groups is 3. The van der Waals surface area contributed by atoms with Crippen LogP contribution in [0.1, 0.15) is 20.7 Å². The van der Waals surface area contributed by atoms with Crippen LogP contribution in [-0.2, 0) is 14.3 Å². The van der Waals surface area contributed by atoms with Gasteiger partial charge in [0.1, 0.15) is 11.5 Å². The van der Waals surface area contributed by atoms with Crippen molar-refractivity contribution in [1.29, 1.82) is 0 Å². The molecule has 7 nitrogen and oxygen atoms in total. The molecule has 7 heteroatoms. The van der Waals surface area contributed by atoms with Gasteiger partial charge >= 0.3 is 17.9 Å². The predicted octanol–water partition coefficient (Wildman–Crippen LogP) is 4.42. The molecule has 162 valence electrons. The van der Waals surface area contributed by atoms with Gasteiger partial charge in [-0.2, -0.15) is 0 Å². The lowest BCUT2D eigenvalue weighted by Crippen LogP contribution is -2.09. The fraction of sp³-hybridized carbons (Fsp3) is 0.0800. The van der Waals surface area contributed by atoms with Crippen LogP contribution in [0.3, 0.4) is 0 Å². The Kier molecular flexibility index (Phi) is 7.37. The summed E-state index contributed by atoms with van der Waals surface area (Å²) in [6, 6.07) is 20.2. The third kappa shape index (κ3) is 5.82. The van der Waals surface area contributed by atoms with Crippen molar-refractivity contribution in [3.05, 3.63) is 96.6 Å². The summed E-state index contributed by atoms with van der Waals surface area (Å²) in [6.07, 6.45) is 1.04. The van der Waals surface area contributed by atoms with Crippen LogP contribution in [0.4, 0.5) is 0 Å². The van der Waals surface area contributed by atoms with Crippen LogP contribution in [0.25, 0.3) is 11.1 Å². The minimum Gasteiger partial charge on any atom is -0.465 e. The number of hydrogen-bond acceptors (Lipinski definition) is 7. The molecule has 32 heavy (non-hydrogen) atoms. The van der Waals surface area contributed by atoms with E-state index in [1.807, 2.05) is 24.3 Å². The largest absolute Gasteiger partial charge is 0.465 e. The van der Waals surface area contributed by atoms with E-state index in [1.165, 1.54) is 7.11 Å². The molecule has 0 N–H and O–H groups in total. The van der Waals surface area contributed by atoms with Gasteiger partial charge in [0.05, 0.1) is 18.2 Å². The maximum atomic E-state index is 12.4. The molecule has 3 aromatic carbocycles. The maximum Gasteiger partial charge on any atom is 0.343 e. The van der Waals surface area contributed by atoms with E-state index in [0.717, 1.165) is 17.2 Å². The van der Waals surface area contributed by atoms with Crippen LogP contribution in [0.2, 0.25) is 0 Å². The summed E-state index contributed by atoms with van der Waals surface area (Å²) in [5, 5.41) is 0. The van der Waals surface area contributed by atoms with Crippen molar-refractivity contribution >= 4 is 17.9 Å². The van der Waals surface area contributed by atoms with Gasteiger partial charge < -0.3 is 18.9 Å². The van der Waals surface area contributed by atoms with Gasteiger partial charge in [0.15, 0.2) is 0 Å². The number of benzene rings is 3. The van der Waals surface area contributed by atoms with Crippen LogP contribution >= 0.6 is 0 Å². The van der Waals surface area contributed by atoms with E-state index in [1.54, 1.807) is 48.5 Å². The average Bonchev–Trinajstić information content (AvgIpc) is 2.84. The zero-order valence-corrected chi connectivity index (χ0v) is 17.3. The molecule has 0 radical (unpaired) electrons. The van der Waals surface area contributed by atoms with Crippen molar-refractivity contribution in [3.8, 4) is 22.6 Å². The number of carbonyl (C=O) groups excluding carboxylic acids is 3. The van der Waals surface area contributed by atoms with E-state index in [0.29, 0.717) is 22.6 Å². The predicted molar refractivity (Wildman–Crippen MR) is 116 cm³/mol. The highest BCUT2D eigenvalue weighted by atomic mass is 16.7. The standard InChI is InChI=1S/C25H20O7/c1-3-23(26)31-16-30-21-12-10-20(11-13-21)25(28)32-22-14-8-18(9-15-22)17-4-6-19(7-5-17)24(27)29-2/h3-15H,1,16H2,2H3. The Balaban J connectivity index is 1.58. The molecule has 0 saturated heterocycles. The third-order valence-electron chi connectivity index (χ3n) is 4.39. The first kappa shape index (κ1) is 22.3. The Hall–Kier alpha value is -4.39. The van der Waals surface area contributed by atoms with Gasteiger partial charge in [0.25, 0.3) is 0 Å². The Morgan fingerprint density at radius 2 is 1.25 bits per heavy atom. The number of ether oxygens (including phenoxy) is 4. The van der Waals surface area contributed by atoms with Crippen LogP contribution in [0.15, 0.2) is 85.5 Å². The van der Waals surface area contributed by atoms with Crippen molar-refractivity contribution in [2.24, 2.45) is 0 Å². The molecule has 0 fully saturated rings. The molecule has 0 aliphatic heterocycles. The summed E-state index contributed by atoms with van der Waals surface area (Å²) in [5.74, 6) is -0.684. The smallest absolute Gasteiger partial charge is 0.343 e. The zero-order valence-electron chi connectivity index (χ0n) is 17.3. The van der Waals surface area contributed by atoms with E-state index >= 15 is 0 Å². The third-order valence-corrected chi connectivity index (χ3v) is 4.39. The molecule has 0 aromatic heterocycles. The van der Waals surface area contributed by atoms with E-state index in [9.17, 15) is 14.4 Å². The van der Waals surface area contributed by atoms with E-state index in [2.05, 4.69) is 6.58 Å². The van der Waals surface area contributed by atoms with Gasteiger partial charge in [-0.3, -0.25) is 0 Å².